The fourth-order valence-electron chi connectivity index (χ4n) is 3.76. The molecule has 0 aliphatic carbocycles. The summed E-state index contributed by atoms with van der Waals surface area (Å²) in [7, 11) is 11.5. The summed E-state index contributed by atoms with van der Waals surface area (Å²) in [6.45, 7) is 8.60. The number of guanidine groups is 1. The van der Waals surface area contributed by atoms with Gasteiger partial charge in [0.15, 0.2) is 17.5 Å². The van der Waals surface area contributed by atoms with Crippen LogP contribution in [0.2, 0.25) is 0 Å². The van der Waals surface area contributed by atoms with Crippen molar-refractivity contribution in [1.82, 2.24) is 24.9 Å². The lowest BCUT2D eigenvalue weighted by Crippen LogP contribution is -2.39. The maximum atomic E-state index is 5.50. The quantitative estimate of drug-likeness (QED) is 0.265. The summed E-state index contributed by atoms with van der Waals surface area (Å²) in [5.74, 6) is 2.70. The smallest absolute Gasteiger partial charge is 0.194 e. The Hall–Kier alpha value is -2.01. The first kappa shape index (κ1) is 29.0. The first-order valence-corrected chi connectivity index (χ1v) is 11.1. The monoisotopic (exact) mass is 572 g/mol. The summed E-state index contributed by atoms with van der Waals surface area (Å²) in [4.78, 5) is 9.31. The number of methoxy groups -OCH3 is 2. The molecule has 33 heavy (non-hydrogen) atoms. The largest absolute Gasteiger partial charge is 0.493 e. The minimum absolute atomic E-state index is 0. The van der Waals surface area contributed by atoms with Crippen LogP contribution in [0, 0.1) is 0 Å². The molecule has 0 aliphatic rings. The van der Waals surface area contributed by atoms with Crippen molar-refractivity contribution in [2.24, 2.45) is 12.0 Å². The van der Waals surface area contributed by atoms with Crippen molar-refractivity contribution in [2.45, 2.75) is 39.3 Å². The third-order valence-corrected chi connectivity index (χ3v) is 5.42. The third-order valence-electron chi connectivity index (χ3n) is 5.42. The average Bonchev–Trinajstić information content (AvgIpc) is 3.12. The van der Waals surface area contributed by atoms with Crippen LogP contribution in [0.25, 0.3) is 0 Å². The van der Waals surface area contributed by atoms with Crippen molar-refractivity contribution in [3.63, 3.8) is 0 Å². The van der Waals surface area contributed by atoms with Gasteiger partial charge in [-0.2, -0.15) is 5.10 Å². The molecule has 2 rings (SSSR count). The minimum Gasteiger partial charge on any atom is -0.493 e. The van der Waals surface area contributed by atoms with E-state index in [0.717, 1.165) is 41.8 Å². The number of nitrogens with zero attached hydrogens (tertiary/aromatic N) is 5. The average molecular weight is 573 g/mol. The topological polar surface area (TPSA) is 67.2 Å². The molecule has 186 valence electrons. The Morgan fingerprint density at radius 3 is 2.36 bits per heavy atom. The Bertz CT molecular complexity index is 897. The number of aryl methyl sites for hydroxylation is 1. The molecule has 0 bridgehead atoms. The Balaban J connectivity index is 0.00000544. The van der Waals surface area contributed by atoms with Crippen LogP contribution >= 0.6 is 24.0 Å². The second-order valence-electron chi connectivity index (χ2n) is 8.51. The first-order valence-electron chi connectivity index (χ1n) is 11.1. The number of aliphatic imine (C=N–C) groups is 1. The Labute approximate surface area is 216 Å². The van der Waals surface area contributed by atoms with Crippen LogP contribution in [0.5, 0.6) is 11.5 Å². The van der Waals surface area contributed by atoms with Gasteiger partial charge in [-0.3, -0.25) is 9.67 Å². The molecule has 1 unspecified atom stereocenters. The molecule has 8 nitrogen and oxygen atoms in total. The van der Waals surface area contributed by atoms with E-state index in [1.165, 1.54) is 5.56 Å². The van der Waals surface area contributed by atoms with E-state index in [1.54, 1.807) is 14.2 Å². The maximum absolute atomic E-state index is 5.50. The summed E-state index contributed by atoms with van der Waals surface area (Å²) in [6.07, 6.45) is 2.10. The fraction of sp³-hybridized carbons (Fsp3) is 0.583. The highest BCUT2D eigenvalue weighted by molar-refractivity contribution is 14.0. The van der Waals surface area contributed by atoms with Crippen LogP contribution in [0.15, 0.2) is 29.4 Å². The summed E-state index contributed by atoms with van der Waals surface area (Å²) in [5, 5.41) is 8.07. The molecule has 0 aliphatic heterocycles. The fourth-order valence-corrected chi connectivity index (χ4v) is 3.76. The van der Waals surface area contributed by atoms with Gasteiger partial charge in [0, 0.05) is 38.9 Å². The molecular weight excluding hydrogens is 531 g/mol. The van der Waals surface area contributed by atoms with Gasteiger partial charge in [-0.15, -0.1) is 24.0 Å². The molecule has 1 atom stereocenters. The molecule has 0 spiro atoms. The molecule has 0 saturated carbocycles. The van der Waals surface area contributed by atoms with Crippen LogP contribution in [-0.4, -0.2) is 74.0 Å². The lowest BCUT2D eigenvalue weighted by molar-refractivity contribution is 0.302. The van der Waals surface area contributed by atoms with Crippen LogP contribution in [0.4, 0.5) is 0 Å². The van der Waals surface area contributed by atoms with Gasteiger partial charge in [-0.05, 0) is 44.6 Å². The molecule has 1 aromatic heterocycles. The minimum atomic E-state index is 0. The third kappa shape index (κ3) is 7.77. The number of rotatable bonds is 10. The van der Waals surface area contributed by atoms with Gasteiger partial charge >= 0.3 is 0 Å². The molecular formula is C24H41IN6O2. The lowest BCUT2D eigenvalue weighted by atomic mass is 10.1. The summed E-state index contributed by atoms with van der Waals surface area (Å²) >= 11 is 0. The number of hydrogen-bond acceptors (Lipinski definition) is 5. The highest BCUT2D eigenvalue weighted by Gasteiger charge is 2.19. The first-order chi connectivity index (χ1) is 15.2. The van der Waals surface area contributed by atoms with Gasteiger partial charge in [0.25, 0.3) is 0 Å². The highest BCUT2D eigenvalue weighted by atomic mass is 127. The number of nitrogens with one attached hydrogen (secondary N) is 1. The molecule has 1 N–H and O–H groups in total. The van der Waals surface area contributed by atoms with Crippen molar-refractivity contribution < 1.29 is 9.47 Å². The second-order valence-corrected chi connectivity index (χ2v) is 8.51. The molecule has 1 aromatic carbocycles. The molecule has 0 fully saturated rings. The van der Waals surface area contributed by atoms with Gasteiger partial charge in [-0.1, -0.05) is 19.9 Å². The predicted octanol–water partition coefficient (Wildman–Crippen LogP) is 3.88. The van der Waals surface area contributed by atoms with E-state index in [4.69, 9.17) is 14.5 Å². The number of aromatic nitrogens is 2. The standard InChI is InChI=1S/C24H40N6O2.HI/c1-10-25-24(29(6)15-19-16-30(7)27-23(19)17(2)3)26-14-20(28(4)5)18-11-12-21(31-8)22(13-18)32-9;/h11-13,16-17,20H,10,14-15H2,1-9H3,(H,25,26);1H. The Kier molecular flexibility index (Phi) is 12.0. The Morgan fingerprint density at radius 2 is 1.82 bits per heavy atom. The van der Waals surface area contributed by atoms with E-state index in [2.05, 4.69) is 74.4 Å². The number of hydrogen-bond donors (Lipinski definition) is 1. The van der Waals surface area contributed by atoms with E-state index >= 15 is 0 Å². The van der Waals surface area contributed by atoms with Crippen molar-refractivity contribution in [1.29, 1.82) is 0 Å². The summed E-state index contributed by atoms with van der Waals surface area (Å²) in [6, 6.07) is 6.14. The zero-order chi connectivity index (χ0) is 23.8. The van der Waals surface area contributed by atoms with Crippen LogP contribution in [0.1, 0.15) is 49.6 Å². The van der Waals surface area contributed by atoms with E-state index in [-0.39, 0.29) is 30.0 Å². The molecule has 1 heterocycles. The van der Waals surface area contributed by atoms with Crippen LogP contribution < -0.4 is 14.8 Å². The van der Waals surface area contributed by atoms with Gasteiger partial charge in [-0.25, -0.2) is 0 Å². The summed E-state index contributed by atoms with van der Waals surface area (Å²) < 4.78 is 12.8. The molecule has 0 amide bonds. The van der Waals surface area contributed by atoms with Crippen LogP contribution in [0.3, 0.4) is 0 Å². The van der Waals surface area contributed by atoms with Gasteiger partial charge in [0.2, 0.25) is 0 Å². The van der Waals surface area contributed by atoms with Crippen molar-refractivity contribution in [3.05, 3.63) is 41.2 Å². The molecule has 9 heteroatoms. The van der Waals surface area contributed by atoms with E-state index in [0.29, 0.717) is 12.5 Å². The predicted molar refractivity (Wildman–Crippen MR) is 146 cm³/mol. The molecule has 2 aromatic rings. The van der Waals surface area contributed by atoms with Gasteiger partial charge in [0.1, 0.15) is 0 Å². The Morgan fingerprint density at radius 1 is 1.15 bits per heavy atom. The second kappa shape index (κ2) is 13.6. The zero-order valence-corrected chi connectivity index (χ0v) is 23.9. The normalized spacial score (nSPS) is 12.5. The van der Waals surface area contributed by atoms with E-state index in [1.807, 2.05) is 23.9 Å². The van der Waals surface area contributed by atoms with Gasteiger partial charge < -0.3 is 24.6 Å². The molecule has 0 saturated heterocycles. The van der Waals surface area contributed by atoms with E-state index in [9.17, 15) is 0 Å². The summed E-state index contributed by atoms with van der Waals surface area (Å²) in [5.41, 5.74) is 3.48. The number of halogens is 1. The number of ether oxygens (including phenoxy) is 2. The lowest BCUT2D eigenvalue weighted by Gasteiger charge is -2.26. The van der Waals surface area contributed by atoms with E-state index < -0.39 is 0 Å². The van der Waals surface area contributed by atoms with Gasteiger partial charge in [0.05, 0.1) is 32.5 Å². The van der Waals surface area contributed by atoms with Crippen LogP contribution in [-0.2, 0) is 13.6 Å². The van der Waals surface area contributed by atoms with Crippen molar-refractivity contribution in [2.75, 3.05) is 48.5 Å². The zero-order valence-electron chi connectivity index (χ0n) is 21.5. The maximum Gasteiger partial charge on any atom is 0.194 e. The number of likely N-dealkylation sites (N-methyl/N-ethyl adjacent to an activating group) is 1. The molecule has 0 radical (unpaired) electrons. The van der Waals surface area contributed by atoms with Crippen molar-refractivity contribution >= 4 is 29.9 Å². The van der Waals surface area contributed by atoms with Crippen molar-refractivity contribution in [3.8, 4) is 11.5 Å². The SMILES string of the molecule is CCNC(=NCC(c1ccc(OC)c(OC)c1)N(C)C)N(C)Cc1cn(C)nc1C(C)C.I. The number of benzene rings is 1. The highest BCUT2D eigenvalue weighted by Crippen LogP contribution is 2.31.